The van der Waals surface area contributed by atoms with Crippen LogP contribution in [0.1, 0.15) is 54.4 Å². The fraction of sp³-hybridized carbons (Fsp3) is 0.647. The molecule has 18 heavy (non-hydrogen) atoms. The van der Waals surface area contributed by atoms with Crippen LogP contribution in [0.2, 0.25) is 0 Å². The van der Waals surface area contributed by atoms with Gasteiger partial charge in [0.1, 0.15) is 0 Å². The molecule has 0 amide bonds. The van der Waals surface area contributed by atoms with E-state index in [4.69, 9.17) is 0 Å². The number of piperidine rings is 1. The van der Waals surface area contributed by atoms with Gasteiger partial charge in [0, 0.05) is 0 Å². The molecule has 1 aromatic carbocycles. The Hall–Kier alpha value is -0.820. The summed E-state index contributed by atoms with van der Waals surface area (Å²) in [6.45, 7) is 11.4. The fourth-order valence-corrected chi connectivity index (χ4v) is 3.39. The molecule has 1 aromatic rings. The van der Waals surface area contributed by atoms with E-state index in [1.165, 1.54) is 49.0 Å². The molecule has 1 heterocycles. The van der Waals surface area contributed by atoms with Crippen molar-refractivity contribution in [1.29, 1.82) is 0 Å². The molecule has 0 aromatic heterocycles. The molecule has 2 atom stereocenters. The third-order valence-corrected chi connectivity index (χ3v) is 4.55. The van der Waals surface area contributed by atoms with Crippen molar-refractivity contribution in [2.45, 2.75) is 52.9 Å². The summed E-state index contributed by atoms with van der Waals surface area (Å²) in [6, 6.07) is 4.82. The first-order chi connectivity index (χ1) is 8.63. The van der Waals surface area contributed by atoms with Gasteiger partial charge in [0.25, 0.3) is 0 Å². The maximum atomic E-state index is 3.56. The van der Waals surface area contributed by atoms with Crippen molar-refractivity contribution in [1.82, 2.24) is 5.32 Å². The van der Waals surface area contributed by atoms with E-state index in [0.29, 0.717) is 0 Å². The van der Waals surface area contributed by atoms with Gasteiger partial charge < -0.3 is 5.32 Å². The average molecular weight is 245 g/mol. The van der Waals surface area contributed by atoms with Gasteiger partial charge in [0.2, 0.25) is 0 Å². The number of benzene rings is 1. The molecule has 0 bridgehead atoms. The van der Waals surface area contributed by atoms with Gasteiger partial charge in [0.05, 0.1) is 0 Å². The van der Waals surface area contributed by atoms with Crippen molar-refractivity contribution in [2.24, 2.45) is 5.92 Å². The molecule has 1 fully saturated rings. The lowest BCUT2D eigenvalue weighted by Gasteiger charge is -2.33. The van der Waals surface area contributed by atoms with Gasteiger partial charge in [-0.15, -0.1) is 0 Å². The van der Waals surface area contributed by atoms with Crippen LogP contribution in [0.4, 0.5) is 0 Å². The van der Waals surface area contributed by atoms with Gasteiger partial charge in [-0.1, -0.05) is 25.5 Å². The van der Waals surface area contributed by atoms with Crippen molar-refractivity contribution in [2.75, 3.05) is 13.1 Å². The van der Waals surface area contributed by atoms with Crippen LogP contribution in [0.5, 0.6) is 0 Å². The Morgan fingerprint density at radius 1 is 1.11 bits per heavy atom. The minimum Gasteiger partial charge on any atom is -0.316 e. The predicted octanol–water partition coefficient (Wildman–Crippen LogP) is 4.11. The van der Waals surface area contributed by atoms with Crippen molar-refractivity contribution < 1.29 is 0 Å². The second-order valence-corrected chi connectivity index (χ2v) is 5.94. The van der Waals surface area contributed by atoms with Crippen molar-refractivity contribution in [3.05, 3.63) is 34.4 Å². The topological polar surface area (TPSA) is 12.0 Å². The van der Waals surface area contributed by atoms with E-state index in [9.17, 15) is 0 Å². The lowest BCUT2D eigenvalue weighted by Crippen LogP contribution is -2.35. The van der Waals surface area contributed by atoms with Gasteiger partial charge in [-0.3, -0.25) is 0 Å². The molecule has 0 radical (unpaired) electrons. The van der Waals surface area contributed by atoms with Crippen LogP contribution in [0, 0.1) is 26.7 Å². The van der Waals surface area contributed by atoms with Crippen LogP contribution in [-0.2, 0) is 0 Å². The Labute approximate surface area is 112 Å². The molecule has 0 aliphatic carbocycles. The molecule has 1 aliphatic heterocycles. The Morgan fingerprint density at radius 3 is 2.56 bits per heavy atom. The highest BCUT2D eigenvalue weighted by atomic mass is 14.9. The van der Waals surface area contributed by atoms with E-state index >= 15 is 0 Å². The zero-order valence-electron chi connectivity index (χ0n) is 12.3. The first-order valence-corrected chi connectivity index (χ1v) is 7.42. The zero-order chi connectivity index (χ0) is 13.1. The molecule has 0 spiro atoms. The Morgan fingerprint density at radius 2 is 1.83 bits per heavy atom. The van der Waals surface area contributed by atoms with E-state index in [0.717, 1.165) is 11.8 Å². The summed E-state index contributed by atoms with van der Waals surface area (Å²) in [5, 5.41) is 3.56. The third kappa shape index (κ3) is 2.77. The van der Waals surface area contributed by atoms with Crippen LogP contribution in [0.15, 0.2) is 12.1 Å². The van der Waals surface area contributed by atoms with E-state index in [-0.39, 0.29) is 0 Å². The van der Waals surface area contributed by atoms with Crippen LogP contribution in [0.3, 0.4) is 0 Å². The van der Waals surface area contributed by atoms with E-state index in [1.54, 1.807) is 5.56 Å². The summed E-state index contributed by atoms with van der Waals surface area (Å²) in [7, 11) is 0. The largest absolute Gasteiger partial charge is 0.316 e. The molecule has 2 unspecified atom stereocenters. The minimum atomic E-state index is 0.769. The molecule has 1 heteroatoms. The summed E-state index contributed by atoms with van der Waals surface area (Å²) < 4.78 is 0. The highest BCUT2D eigenvalue weighted by Gasteiger charge is 2.26. The zero-order valence-corrected chi connectivity index (χ0v) is 12.3. The molecule has 0 saturated carbocycles. The number of nitrogens with one attached hydrogen (secondary N) is 1. The van der Waals surface area contributed by atoms with Gasteiger partial charge >= 0.3 is 0 Å². The van der Waals surface area contributed by atoms with Gasteiger partial charge in [0.15, 0.2) is 0 Å². The standard InChI is InChI=1S/C17H27N/c1-5-6-15-11-18-8-7-16(15)17-10-13(3)12(2)9-14(17)4/h9-10,15-16,18H,5-8,11H2,1-4H3. The summed E-state index contributed by atoms with van der Waals surface area (Å²) in [6.07, 6.45) is 3.95. The van der Waals surface area contributed by atoms with Gasteiger partial charge in [-0.25, -0.2) is 0 Å². The molecule has 100 valence electrons. The van der Waals surface area contributed by atoms with Crippen LogP contribution in [0.25, 0.3) is 0 Å². The van der Waals surface area contributed by atoms with Crippen LogP contribution in [-0.4, -0.2) is 13.1 Å². The first kappa shape index (κ1) is 13.6. The lowest BCUT2D eigenvalue weighted by atomic mass is 9.77. The monoisotopic (exact) mass is 245 g/mol. The minimum absolute atomic E-state index is 0.769. The molecule has 1 saturated heterocycles. The number of aryl methyl sites for hydroxylation is 3. The number of hydrogen-bond donors (Lipinski definition) is 1. The predicted molar refractivity (Wildman–Crippen MR) is 79.3 cm³/mol. The average Bonchev–Trinajstić information content (AvgIpc) is 2.35. The summed E-state index contributed by atoms with van der Waals surface area (Å²) in [5.74, 6) is 1.59. The van der Waals surface area contributed by atoms with Crippen molar-refractivity contribution in [3.8, 4) is 0 Å². The SMILES string of the molecule is CCCC1CNCCC1c1cc(C)c(C)cc1C. The Kier molecular flexibility index (Phi) is 4.45. The molecular weight excluding hydrogens is 218 g/mol. The van der Waals surface area contributed by atoms with E-state index < -0.39 is 0 Å². The van der Waals surface area contributed by atoms with Crippen molar-refractivity contribution >= 4 is 0 Å². The first-order valence-electron chi connectivity index (χ1n) is 7.42. The molecular formula is C17H27N. The van der Waals surface area contributed by atoms with Crippen molar-refractivity contribution in [3.63, 3.8) is 0 Å². The van der Waals surface area contributed by atoms with Gasteiger partial charge in [-0.05, 0) is 80.8 Å². The fourth-order valence-electron chi connectivity index (χ4n) is 3.39. The molecule has 2 rings (SSSR count). The molecule has 1 nitrogen and oxygen atoms in total. The maximum Gasteiger partial charge on any atom is -0.00147 e. The van der Waals surface area contributed by atoms with Crippen LogP contribution >= 0.6 is 0 Å². The van der Waals surface area contributed by atoms with E-state index in [1.807, 2.05) is 0 Å². The smallest absolute Gasteiger partial charge is 0.00147 e. The highest BCUT2D eigenvalue weighted by Crippen LogP contribution is 2.35. The van der Waals surface area contributed by atoms with Crippen LogP contribution < -0.4 is 5.32 Å². The summed E-state index contributed by atoms with van der Waals surface area (Å²) in [5.41, 5.74) is 5.98. The Bertz CT molecular complexity index is 406. The van der Waals surface area contributed by atoms with E-state index in [2.05, 4.69) is 45.1 Å². The normalized spacial score (nSPS) is 24.2. The lowest BCUT2D eigenvalue weighted by molar-refractivity contribution is 0.306. The highest BCUT2D eigenvalue weighted by molar-refractivity contribution is 5.39. The second kappa shape index (κ2) is 5.88. The second-order valence-electron chi connectivity index (χ2n) is 5.94. The number of hydrogen-bond acceptors (Lipinski definition) is 1. The van der Waals surface area contributed by atoms with Gasteiger partial charge in [-0.2, -0.15) is 0 Å². The summed E-state index contributed by atoms with van der Waals surface area (Å²) >= 11 is 0. The maximum absolute atomic E-state index is 3.56. The quantitative estimate of drug-likeness (QED) is 0.845. The molecule has 1 aliphatic rings. The number of rotatable bonds is 3. The third-order valence-electron chi connectivity index (χ3n) is 4.55. The molecule has 1 N–H and O–H groups in total. The summed E-state index contributed by atoms with van der Waals surface area (Å²) in [4.78, 5) is 0. The Balaban J connectivity index is 2.30.